The van der Waals surface area contributed by atoms with Crippen LogP contribution in [0.15, 0.2) is 24.5 Å². The van der Waals surface area contributed by atoms with Crippen LogP contribution in [0.3, 0.4) is 0 Å². The normalized spacial score (nSPS) is 20.3. The Hall–Kier alpha value is -0.360. The minimum Gasteiger partial charge on any atom is -0.325 e. The molecule has 0 unspecified atom stereocenters. The number of hydrogen-bond acceptors (Lipinski definition) is 4. The number of rotatable bonds is 2. The van der Waals surface area contributed by atoms with E-state index >= 15 is 0 Å². The van der Waals surface area contributed by atoms with Crippen LogP contribution in [0.1, 0.15) is 18.4 Å². The second-order valence-electron chi connectivity index (χ2n) is 4.55. The molecular weight excluding hydrogens is 295 g/mol. The van der Waals surface area contributed by atoms with Crippen molar-refractivity contribution >= 4 is 34.7 Å². The van der Waals surface area contributed by atoms with Gasteiger partial charge in [-0.15, -0.1) is 24.8 Å². The molecule has 104 valence electrons. The highest BCUT2D eigenvalue weighted by atomic mass is 35.5. The maximum atomic E-state index is 11.3. The molecule has 1 aromatic heterocycles. The maximum Gasteiger partial charge on any atom is 0.150 e. The molecule has 0 spiro atoms. The lowest BCUT2D eigenvalue weighted by atomic mass is 9.87. The molecule has 1 fully saturated rings. The van der Waals surface area contributed by atoms with E-state index in [2.05, 4.69) is 4.98 Å². The van der Waals surface area contributed by atoms with Crippen molar-refractivity contribution in [3.63, 3.8) is 0 Å². The zero-order chi connectivity index (χ0) is 11.6. The molecule has 2 heterocycles. The molecule has 1 aromatic rings. The number of aromatic nitrogens is 1. The Morgan fingerprint density at radius 1 is 1.28 bits per heavy atom. The van der Waals surface area contributed by atoms with Gasteiger partial charge in [-0.3, -0.25) is 4.98 Å². The predicted octanol–water partition coefficient (Wildman–Crippen LogP) is 1.37. The Labute approximate surface area is 120 Å². The Morgan fingerprint density at radius 3 is 2.39 bits per heavy atom. The quantitative estimate of drug-likeness (QED) is 0.895. The van der Waals surface area contributed by atoms with E-state index in [4.69, 9.17) is 5.73 Å². The summed E-state index contributed by atoms with van der Waals surface area (Å²) in [7, 11) is -2.84. The first-order valence-electron chi connectivity index (χ1n) is 5.37. The van der Waals surface area contributed by atoms with Gasteiger partial charge in [0, 0.05) is 17.9 Å². The van der Waals surface area contributed by atoms with Crippen molar-refractivity contribution in [1.82, 2.24) is 4.98 Å². The van der Waals surface area contributed by atoms with E-state index in [9.17, 15) is 8.42 Å². The topological polar surface area (TPSA) is 73.0 Å². The van der Waals surface area contributed by atoms with Crippen molar-refractivity contribution in [2.45, 2.75) is 24.8 Å². The molecule has 0 aliphatic carbocycles. The van der Waals surface area contributed by atoms with Gasteiger partial charge in [0.25, 0.3) is 0 Å². The van der Waals surface area contributed by atoms with E-state index in [1.54, 1.807) is 12.4 Å². The van der Waals surface area contributed by atoms with Gasteiger partial charge in [0.15, 0.2) is 0 Å². The van der Waals surface area contributed by atoms with Gasteiger partial charge >= 0.3 is 0 Å². The van der Waals surface area contributed by atoms with E-state index < -0.39 is 9.84 Å². The summed E-state index contributed by atoms with van der Waals surface area (Å²) in [6.07, 6.45) is 5.31. The summed E-state index contributed by atoms with van der Waals surface area (Å²) in [5.41, 5.74) is 6.91. The van der Waals surface area contributed by atoms with Crippen molar-refractivity contribution in [2.24, 2.45) is 5.73 Å². The first kappa shape index (κ1) is 17.6. The lowest BCUT2D eigenvalue weighted by Crippen LogP contribution is -2.48. The van der Waals surface area contributed by atoms with E-state index in [-0.39, 0.29) is 41.9 Å². The third kappa shape index (κ3) is 4.72. The van der Waals surface area contributed by atoms with Crippen LogP contribution in [0.5, 0.6) is 0 Å². The van der Waals surface area contributed by atoms with E-state index in [0.29, 0.717) is 19.3 Å². The summed E-state index contributed by atoms with van der Waals surface area (Å²) in [6.45, 7) is 0. The van der Waals surface area contributed by atoms with Crippen molar-refractivity contribution < 1.29 is 8.42 Å². The second kappa shape index (κ2) is 6.70. The summed E-state index contributed by atoms with van der Waals surface area (Å²) >= 11 is 0. The Balaban J connectivity index is 0.00000144. The summed E-state index contributed by atoms with van der Waals surface area (Å²) in [6, 6.07) is 3.85. The molecule has 4 nitrogen and oxygen atoms in total. The number of nitrogens with two attached hydrogens (primary N) is 1. The number of hydrogen-bond donors (Lipinski definition) is 1. The van der Waals surface area contributed by atoms with Gasteiger partial charge in [0.2, 0.25) is 0 Å². The largest absolute Gasteiger partial charge is 0.325 e. The van der Waals surface area contributed by atoms with E-state index in [1.165, 1.54) is 0 Å². The van der Waals surface area contributed by atoms with Crippen LogP contribution in [0.2, 0.25) is 0 Å². The SMILES string of the molecule is Cl.Cl.NC1(Cc2cccnc2)CCS(=O)(=O)CC1. The standard InChI is InChI=1S/C11H16N2O2S.2ClH/c12-11(3-6-16(14,15)7-4-11)8-10-2-1-5-13-9-10;;/h1-2,5,9H,3-4,6-8,12H2;2*1H. The van der Waals surface area contributed by atoms with Gasteiger partial charge < -0.3 is 5.73 Å². The van der Waals surface area contributed by atoms with Gasteiger partial charge in [-0.25, -0.2) is 8.42 Å². The molecule has 0 aromatic carbocycles. The Bertz CT molecular complexity index is 451. The van der Waals surface area contributed by atoms with Gasteiger partial charge in [-0.05, 0) is 30.9 Å². The lowest BCUT2D eigenvalue weighted by Gasteiger charge is -2.33. The van der Waals surface area contributed by atoms with E-state index in [0.717, 1.165) is 5.56 Å². The average Bonchev–Trinajstić information content (AvgIpc) is 2.25. The molecule has 0 saturated carbocycles. The van der Waals surface area contributed by atoms with Crippen molar-refractivity contribution in [3.8, 4) is 0 Å². The first-order chi connectivity index (χ1) is 7.49. The van der Waals surface area contributed by atoms with Crippen molar-refractivity contribution in [2.75, 3.05) is 11.5 Å². The zero-order valence-electron chi connectivity index (χ0n) is 9.91. The summed E-state index contributed by atoms with van der Waals surface area (Å²) < 4.78 is 22.6. The van der Waals surface area contributed by atoms with Crippen LogP contribution in [0.4, 0.5) is 0 Å². The first-order valence-corrected chi connectivity index (χ1v) is 7.20. The number of halogens is 2. The van der Waals surface area contributed by atoms with Gasteiger partial charge in [0.1, 0.15) is 9.84 Å². The molecule has 2 rings (SSSR count). The molecule has 2 N–H and O–H groups in total. The Kier molecular flexibility index (Phi) is 6.57. The second-order valence-corrected chi connectivity index (χ2v) is 6.86. The van der Waals surface area contributed by atoms with Gasteiger partial charge in [0.05, 0.1) is 11.5 Å². The molecule has 0 amide bonds. The fourth-order valence-corrected chi connectivity index (χ4v) is 3.67. The number of pyridine rings is 1. The van der Waals surface area contributed by atoms with E-state index in [1.807, 2.05) is 12.1 Å². The molecule has 7 heteroatoms. The molecular formula is C11H18Cl2N2O2S. The fourth-order valence-electron chi connectivity index (χ4n) is 2.03. The van der Waals surface area contributed by atoms with Gasteiger partial charge in [-0.1, -0.05) is 6.07 Å². The van der Waals surface area contributed by atoms with Crippen LogP contribution in [0.25, 0.3) is 0 Å². The lowest BCUT2D eigenvalue weighted by molar-refractivity contribution is 0.379. The fraction of sp³-hybridized carbons (Fsp3) is 0.545. The molecule has 0 atom stereocenters. The van der Waals surface area contributed by atoms with Crippen molar-refractivity contribution in [1.29, 1.82) is 0 Å². The highest BCUT2D eigenvalue weighted by Gasteiger charge is 2.33. The monoisotopic (exact) mass is 312 g/mol. The smallest absolute Gasteiger partial charge is 0.150 e. The minimum absolute atomic E-state index is 0. The zero-order valence-corrected chi connectivity index (χ0v) is 12.4. The highest BCUT2D eigenvalue weighted by Crippen LogP contribution is 2.24. The molecule has 18 heavy (non-hydrogen) atoms. The average molecular weight is 313 g/mol. The molecule has 1 aliphatic heterocycles. The van der Waals surface area contributed by atoms with Crippen LogP contribution >= 0.6 is 24.8 Å². The van der Waals surface area contributed by atoms with Crippen LogP contribution in [-0.2, 0) is 16.3 Å². The highest BCUT2D eigenvalue weighted by molar-refractivity contribution is 7.91. The predicted molar refractivity (Wildman–Crippen MR) is 77.2 cm³/mol. The molecule has 0 bridgehead atoms. The number of nitrogens with zero attached hydrogens (tertiary/aromatic N) is 1. The molecule has 1 aliphatic rings. The maximum absolute atomic E-state index is 11.3. The molecule has 0 radical (unpaired) electrons. The van der Waals surface area contributed by atoms with Crippen LogP contribution in [0, 0.1) is 0 Å². The summed E-state index contributed by atoms with van der Waals surface area (Å²) in [5.74, 6) is 0.424. The summed E-state index contributed by atoms with van der Waals surface area (Å²) in [5, 5.41) is 0. The third-order valence-electron chi connectivity index (χ3n) is 3.10. The third-order valence-corrected chi connectivity index (χ3v) is 4.75. The molecule has 1 saturated heterocycles. The van der Waals surface area contributed by atoms with Crippen molar-refractivity contribution in [3.05, 3.63) is 30.1 Å². The van der Waals surface area contributed by atoms with Crippen LogP contribution < -0.4 is 5.73 Å². The summed E-state index contributed by atoms with van der Waals surface area (Å²) in [4.78, 5) is 4.04. The number of sulfone groups is 1. The minimum atomic E-state index is -2.84. The Morgan fingerprint density at radius 2 is 1.89 bits per heavy atom. The van der Waals surface area contributed by atoms with Crippen LogP contribution in [-0.4, -0.2) is 30.4 Å². The van der Waals surface area contributed by atoms with Gasteiger partial charge in [-0.2, -0.15) is 0 Å².